The van der Waals surface area contributed by atoms with Crippen LogP contribution in [0.2, 0.25) is 0 Å². The molecule has 5 nitrogen and oxygen atoms in total. The normalized spacial score (nSPS) is 16.0. The molecule has 0 aromatic carbocycles. The predicted octanol–water partition coefficient (Wildman–Crippen LogP) is 1.41. The van der Waals surface area contributed by atoms with E-state index in [9.17, 15) is 14.0 Å². The van der Waals surface area contributed by atoms with Crippen molar-refractivity contribution in [3.63, 3.8) is 0 Å². The van der Waals surface area contributed by atoms with E-state index in [1.54, 1.807) is 0 Å². The smallest absolute Gasteiger partial charge is 0.278 e. The number of nitrogens with one attached hydrogen (secondary N) is 1. The molecule has 0 atom stereocenters. The van der Waals surface area contributed by atoms with Crippen molar-refractivity contribution in [3.8, 4) is 0 Å². The number of imide groups is 1. The second-order valence-corrected chi connectivity index (χ2v) is 3.81. The molecule has 1 aromatic heterocycles. The Morgan fingerprint density at radius 1 is 1.47 bits per heavy atom. The lowest BCUT2D eigenvalue weighted by Crippen LogP contribution is -2.50. The topological polar surface area (TPSA) is 62.3 Å². The van der Waals surface area contributed by atoms with Crippen LogP contribution in [-0.2, 0) is 10.7 Å². The number of urea groups is 1. The van der Waals surface area contributed by atoms with Crippen molar-refractivity contribution >= 4 is 29.4 Å². The molecular formula is C10H9ClFN3O2. The number of anilines is 1. The van der Waals surface area contributed by atoms with Gasteiger partial charge in [-0.25, -0.2) is 9.78 Å². The Balaban J connectivity index is 2.30. The maximum atomic E-state index is 13.2. The molecule has 1 N–H and O–H groups in total. The first-order valence-corrected chi connectivity index (χ1v) is 5.47. The Morgan fingerprint density at radius 2 is 2.24 bits per heavy atom. The van der Waals surface area contributed by atoms with Gasteiger partial charge in [-0.3, -0.25) is 15.0 Å². The van der Waals surface area contributed by atoms with Gasteiger partial charge in [0, 0.05) is 18.8 Å². The summed E-state index contributed by atoms with van der Waals surface area (Å²) in [6.07, 6.45) is 0.167. The number of nitrogens with zero attached hydrogens (tertiary/aromatic N) is 2. The van der Waals surface area contributed by atoms with E-state index in [0.717, 1.165) is 0 Å². The largest absolute Gasteiger partial charge is 0.329 e. The number of carbonyl (C=O) groups is 2. The molecule has 90 valence electrons. The van der Waals surface area contributed by atoms with E-state index < -0.39 is 12.0 Å². The van der Waals surface area contributed by atoms with Gasteiger partial charge in [0.05, 0.1) is 0 Å². The average molecular weight is 258 g/mol. The predicted molar refractivity (Wildman–Crippen MR) is 59.3 cm³/mol. The van der Waals surface area contributed by atoms with Gasteiger partial charge in [-0.2, -0.15) is 4.39 Å². The van der Waals surface area contributed by atoms with E-state index in [0.29, 0.717) is 5.56 Å². The third-order valence-corrected chi connectivity index (χ3v) is 2.63. The molecule has 2 rings (SSSR count). The first kappa shape index (κ1) is 11.8. The molecule has 0 spiro atoms. The summed E-state index contributed by atoms with van der Waals surface area (Å²) in [4.78, 5) is 27.3. The highest BCUT2D eigenvalue weighted by molar-refractivity contribution is 6.17. The van der Waals surface area contributed by atoms with Crippen molar-refractivity contribution in [1.29, 1.82) is 0 Å². The molecule has 1 aliphatic rings. The molecule has 1 saturated heterocycles. The standard InChI is InChI=1S/C10H9ClFN3O2/c11-5-6-3-7(12)13-8(4-6)15-2-1-9(16)14-10(15)17/h3-4H,1-2,5H2,(H,14,16,17). The highest BCUT2D eigenvalue weighted by Crippen LogP contribution is 2.18. The van der Waals surface area contributed by atoms with E-state index in [1.165, 1.54) is 17.0 Å². The number of alkyl halides is 1. The molecule has 3 amide bonds. The van der Waals surface area contributed by atoms with E-state index >= 15 is 0 Å². The summed E-state index contributed by atoms with van der Waals surface area (Å²) < 4.78 is 13.2. The minimum Gasteiger partial charge on any atom is -0.278 e. The van der Waals surface area contributed by atoms with Gasteiger partial charge in [-0.05, 0) is 17.7 Å². The Kier molecular flexibility index (Phi) is 3.23. The van der Waals surface area contributed by atoms with Gasteiger partial charge in [-0.15, -0.1) is 11.6 Å². The number of amides is 3. The first-order chi connectivity index (χ1) is 8.10. The third-order valence-electron chi connectivity index (χ3n) is 2.33. The second-order valence-electron chi connectivity index (χ2n) is 3.54. The lowest BCUT2D eigenvalue weighted by atomic mass is 10.2. The maximum Gasteiger partial charge on any atom is 0.329 e. The zero-order chi connectivity index (χ0) is 12.4. The number of hydrogen-bond donors (Lipinski definition) is 1. The summed E-state index contributed by atoms with van der Waals surface area (Å²) >= 11 is 5.60. The molecule has 0 bridgehead atoms. The van der Waals surface area contributed by atoms with Crippen LogP contribution in [-0.4, -0.2) is 23.5 Å². The summed E-state index contributed by atoms with van der Waals surface area (Å²) in [6, 6.07) is 2.12. The fourth-order valence-electron chi connectivity index (χ4n) is 1.53. The minimum absolute atomic E-state index is 0.126. The lowest BCUT2D eigenvalue weighted by molar-refractivity contribution is -0.120. The molecule has 2 heterocycles. The molecule has 1 fully saturated rings. The summed E-state index contributed by atoms with van der Waals surface area (Å²) in [7, 11) is 0. The highest BCUT2D eigenvalue weighted by Gasteiger charge is 2.25. The maximum absolute atomic E-state index is 13.2. The zero-order valence-electron chi connectivity index (χ0n) is 8.74. The van der Waals surface area contributed by atoms with Crippen LogP contribution in [0.15, 0.2) is 12.1 Å². The lowest BCUT2D eigenvalue weighted by Gasteiger charge is -2.25. The van der Waals surface area contributed by atoms with Crippen LogP contribution in [0.25, 0.3) is 0 Å². The summed E-state index contributed by atoms with van der Waals surface area (Å²) in [6.45, 7) is 0.183. The quantitative estimate of drug-likeness (QED) is 0.644. The van der Waals surface area contributed by atoms with Gasteiger partial charge >= 0.3 is 6.03 Å². The van der Waals surface area contributed by atoms with E-state index in [-0.39, 0.29) is 30.6 Å². The number of hydrogen-bond acceptors (Lipinski definition) is 3. The molecule has 1 aromatic rings. The SMILES string of the molecule is O=C1CCN(c2cc(CCl)cc(F)n2)C(=O)N1. The molecule has 7 heteroatoms. The van der Waals surface area contributed by atoms with Crippen molar-refractivity contribution in [3.05, 3.63) is 23.6 Å². The summed E-state index contributed by atoms with van der Waals surface area (Å²) in [5, 5.41) is 2.14. The van der Waals surface area contributed by atoms with Crippen molar-refractivity contribution in [2.24, 2.45) is 0 Å². The number of pyridine rings is 1. The third kappa shape index (κ3) is 2.52. The zero-order valence-corrected chi connectivity index (χ0v) is 9.50. The molecule has 0 unspecified atom stereocenters. The molecule has 17 heavy (non-hydrogen) atoms. The van der Waals surface area contributed by atoms with Gasteiger partial charge in [0.15, 0.2) is 0 Å². The fraction of sp³-hybridized carbons (Fsp3) is 0.300. The average Bonchev–Trinajstić information content (AvgIpc) is 2.28. The van der Waals surface area contributed by atoms with Crippen LogP contribution < -0.4 is 10.2 Å². The number of aromatic nitrogens is 1. The number of carbonyl (C=O) groups excluding carboxylic acids is 2. The van der Waals surface area contributed by atoms with Crippen LogP contribution in [0.3, 0.4) is 0 Å². The molecule has 1 aliphatic heterocycles. The van der Waals surface area contributed by atoms with Crippen LogP contribution in [0.4, 0.5) is 15.0 Å². The van der Waals surface area contributed by atoms with E-state index in [1.807, 2.05) is 0 Å². The molecule has 0 aliphatic carbocycles. The van der Waals surface area contributed by atoms with Gasteiger partial charge < -0.3 is 0 Å². The van der Waals surface area contributed by atoms with Crippen molar-refractivity contribution in [2.45, 2.75) is 12.3 Å². The van der Waals surface area contributed by atoms with Crippen molar-refractivity contribution in [1.82, 2.24) is 10.3 Å². The van der Waals surface area contributed by atoms with E-state index in [2.05, 4.69) is 10.3 Å². The molecular weight excluding hydrogens is 249 g/mol. The fourth-order valence-corrected chi connectivity index (χ4v) is 1.69. The minimum atomic E-state index is -0.706. The highest BCUT2D eigenvalue weighted by atomic mass is 35.5. The molecule has 0 saturated carbocycles. The monoisotopic (exact) mass is 257 g/mol. The van der Waals surface area contributed by atoms with Gasteiger partial charge in [-0.1, -0.05) is 0 Å². The summed E-state index contributed by atoms with van der Waals surface area (Å²) in [5.74, 6) is -0.769. The van der Waals surface area contributed by atoms with Crippen molar-refractivity contribution < 1.29 is 14.0 Å². The van der Waals surface area contributed by atoms with Gasteiger partial charge in [0.1, 0.15) is 5.82 Å². The first-order valence-electron chi connectivity index (χ1n) is 4.94. The van der Waals surface area contributed by atoms with Crippen LogP contribution >= 0.6 is 11.6 Å². The van der Waals surface area contributed by atoms with Crippen molar-refractivity contribution in [2.75, 3.05) is 11.4 Å². The second kappa shape index (κ2) is 4.67. The van der Waals surface area contributed by atoms with E-state index in [4.69, 9.17) is 11.6 Å². The Hall–Kier alpha value is -1.69. The Labute approximate surface area is 102 Å². The van der Waals surface area contributed by atoms with Crippen LogP contribution in [0.5, 0.6) is 0 Å². The van der Waals surface area contributed by atoms with Gasteiger partial charge in [0.2, 0.25) is 11.9 Å². The number of halogens is 2. The number of rotatable bonds is 2. The van der Waals surface area contributed by atoms with Crippen LogP contribution in [0.1, 0.15) is 12.0 Å². The van der Waals surface area contributed by atoms with Gasteiger partial charge in [0.25, 0.3) is 0 Å². The molecule has 0 radical (unpaired) electrons. The summed E-state index contributed by atoms with van der Waals surface area (Å²) in [5.41, 5.74) is 0.527. The van der Waals surface area contributed by atoms with Crippen LogP contribution in [0, 0.1) is 5.95 Å². The Bertz CT molecular complexity index is 481. The Morgan fingerprint density at radius 3 is 2.88 bits per heavy atom.